The Bertz CT molecular complexity index is 385. The van der Waals surface area contributed by atoms with Gasteiger partial charge in [0.15, 0.2) is 0 Å². The van der Waals surface area contributed by atoms with Crippen molar-refractivity contribution in [1.29, 1.82) is 0 Å². The number of aromatic nitrogens is 1. The van der Waals surface area contributed by atoms with E-state index in [1.807, 2.05) is 18.3 Å². The molecule has 1 aliphatic rings. The van der Waals surface area contributed by atoms with Gasteiger partial charge in [-0.05, 0) is 36.8 Å². The van der Waals surface area contributed by atoms with Crippen LogP contribution in [0.4, 0.5) is 0 Å². The van der Waals surface area contributed by atoms with E-state index in [1.165, 1.54) is 38.5 Å². The first-order chi connectivity index (χ1) is 9.84. The molecule has 1 N–H and O–H groups in total. The molecule has 0 atom stereocenters. The third-order valence-electron chi connectivity index (χ3n) is 4.20. The molecule has 20 heavy (non-hydrogen) atoms. The van der Waals surface area contributed by atoms with Crippen LogP contribution in [0.25, 0.3) is 0 Å². The fourth-order valence-electron chi connectivity index (χ4n) is 2.99. The van der Waals surface area contributed by atoms with Gasteiger partial charge in [-0.25, -0.2) is 0 Å². The van der Waals surface area contributed by atoms with E-state index in [-0.39, 0.29) is 5.91 Å². The molecule has 0 saturated heterocycles. The summed E-state index contributed by atoms with van der Waals surface area (Å²) in [6, 6.07) is 3.93. The Balaban J connectivity index is 1.51. The molecule has 0 unspecified atom stereocenters. The summed E-state index contributed by atoms with van der Waals surface area (Å²) < 4.78 is 0. The highest BCUT2D eigenvalue weighted by Gasteiger charge is 2.12. The molecule has 1 aromatic heterocycles. The Kier molecular flexibility index (Phi) is 6.55. The Labute approximate surface area is 122 Å². The summed E-state index contributed by atoms with van der Waals surface area (Å²) in [6.45, 7) is 0.836. The van der Waals surface area contributed by atoms with Gasteiger partial charge in [-0.15, -0.1) is 0 Å². The zero-order chi connectivity index (χ0) is 14.0. The molecular formula is C17H26N2O. The lowest BCUT2D eigenvalue weighted by atomic mass is 9.86. The van der Waals surface area contributed by atoms with Crippen LogP contribution in [0.1, 0.15) is 56.9 Å². The molecule has 1 heterocycles. The molecule has 0 aliphatic heterocycles. The molecule has 3 heteroatoms. The zero-order valence-corrected chi connectivity index (χ0v) is 12.3. The fourth-order valence-corrected chi connectivity index (χ4v) is 2.99. The normalized spacial score (nSPS) is 16.0. The third kappa shape index (κ3) is 5.72. The monoisotopic (exact) mass is 274 g/mol. The number of nitrogens with one attached hydrogen (secondary N) is 1. The molecule has 0 spiro atoms. The lowest BCUT2D eigenvalue weighted by Gasteiger charge is -2.21. The number of amides is 1. The van der Waals surface area contributed by atoms with Gasteiger partial charge >= 0.3 is 0 Å². The van der Waals surface area contributed by atoms with E-state index >= 15 is 0 Å². The molecule has 0 aromatic carbocycles. The van der Waals surface area contributed by atoms with E-state index in [9.17, 15) is 4.79 Å². The second kappa shape index (κ2) is 8.72. The first kappa shape index (κ1) is 15.0. The van der Waals surface area contributed by atoms with E-state index in [0.717, 1.165) is 30.9 Å². The molecule has 0 radical (unpaired) electrons. The van der Waals surface area contributed by atoms with Crippen LogP contribution in [0.2, 0.25) is 0 Å². The fraction of sp³-hybridized carbons (Fsp3) is 0.647. The Hall–Kier alpha value is -1.38. The predicted octanol–water partition coefficient (Wildman–Crippen LogP) is 3.49. The van der Waals surface area contributed by atoms with Gasteiger partial charge in [0.2, 0.25) is 5.91 Å². The van der Waals surface area contributed by atoms with E-state index in [4.69, 9.17) is 0 Å². The van der Waals surface area contributed by atoms with Gasteiger partial charge in [0.25, 0.3) is 0 Å². The quantitative estimate of drug-likeness (QED) is 0.773. The van der Waals surface area contributed by atoms with Crippen molar-refractivity contribution in [2.75, 3.05) is 6.54 Å². The number of carbonyl (C=O) groups excluding carboxylic acids is 1. The number of aryl methyl sites for hydroxylation is 1. The predicted molar refractivity (Wildman–Crippen MR) is 81.4 cm³/mol. The van der Waals surface area contributed by atoms with Gasteiger partial charge in [-0.1, -0.05) is 38.2 Å². The topological polar surface area (TPSA) is 42.0 Å². The highest BCUT2D eigenvalue weighted by Crippen LogP contribution is 2.26. The highest BCUT2D eigenvalue weighted by molar-refractivity contribution is 5.76. The maximum Gasteiger partial charge on any atom is 0.220 e. The SMILES string of the molecule is O=C(CCc1cccnc1)NCCCC1CCCCC1. The van der Waals surface area contributed by atoms with E-state index < -0.39 is 0 Å². The number of pyridine rings is 1. The lowest BCUT2D eigenvalue weighted by molar-refractivity contribution is -0.121. The number of carbonyl (C=O) groups is 1. The summed E-state index contributed by atoms with van der Waals surface area (Å²) in [6.07, 6.45) is 14.4. The van der Waals surface area contributed by atoms with E-state index in [2.05, 4.69) is 10.3 Å². The van der Waals surface area contributed by atoms with Crippen LogP contribution < -0.4 is 5.32 Å². The van der Waals surface area contributed by atoms with Crippen LogP contribution in [-0.4, -0.2) is 17.4 Å². The summed E-state index contributed by atoms with van der Waals surface area (Å²) in [5, 5.41) is 3.03. The first-order valence-corrected chi connectivity index (χ1v) is 8.00. The standard InChI is InChI=1S/C17H26N2O/c20-17(11-10-16-9-4-12-18-14-16)19-13-5-8-15-6-2-1-3-7-15/h4,9,12,14-15H,1-3,5-8,10-11,13H2,(H,19,20). The minimum Gasteiger partial charge on any atom is -0.356 e. The highest BCUT2D eigenvalue weighted by atomic mass is 16.1. The summed E-state index contributed by atoms with van der Waals surface area (Å²) in [7, 11) is 0. The average molecular weight is 274 g/mol. The summed E-state index contributed by atoms with van der Waals surface area (Å²) in [5.74, 6) is 1.08. The summed E-state index contributed by atoms with van der Waals surface area (Å²) >= 11 is 0. The Morgan fingerprint density at radius 1 is 1.30 bits per heavy atom. The van der Waals surface area contributed by atoms with Gasteiger partial charge in [-0.2, -0.15) is 0 Å². The summed E-state index contributed by atoms with van der Waals surface area (Å²) in [4.78, 5) is 15.8. The molecule has 110 valence electrons. The molecule has 0 bridgehead atoms. The molecular weight excluding hydrogens is 248 g/mol. The van der Waals surface area contributed by atoms with Crippen molar-refractivity contribution in [3.05, 3.63) is 30.1 Å². The number of hydrogen-bond acceptors (Lipinski definition) is 2. The molecule has 1 amide bonds. The third-order valence-corrected chi connectivity index (χ3v) is 4.20. The van der Waals surface area contributed by atoms with Crippen molar-refractivity contribution >= 4 is 5.91 Å². The van der Waals surface area contributed by atoms with Gasteiger partial charge in [-0.3, -0.25) is 9.78 Å². The van der Waals surface area contributed by atoms with Crippen LogP contribution in [-0.2, 0) is 11.2 Å². The van der Waals surface area contributed by atoms with E-state index in [1.54, 1.807) is 6.20 Å². The second-order valence-electron chi connectivity index (χ2n) is 5.86. The number of hydrogen-bond donors (Lipinski definition) is 1. The van der Waals surface area contributed by atoms with Crippen molar-refractivity contribution < 1.29 is 4.79 Å². The second-order valence-corrected chi connectivity index (χ2v) is 5.86. The number of nitrogens with zero attached hydrogens (tertiary/aromatic N) is 1. The van der Waals surface area contributed by atoms with Gasteiger partial charge < -0.3 is 5.32 Å². The molecule has 1 aliphatic carbocycles. The van der Waals surface area contributed by atoms with Gasteiger partial charge in [0, 0.05) is 25.4 Å². The van der Waals surface area contributed by atoms with Crippen LogP contribution in [0.15, 0.2) is 24.5 Å². The van der Waals surface area contributed by atoms with Crippen molar-refractivity contribution in [1.82, 2.24) is 10.3 Å². The van der Waals surface area contributed by atoms with Crippen molar-refractivity contribution in [2.45, 2.75) is 57.8 Å². The molecule has 1 fully saturated rings. The summed E-state index contributed by atoms with van der Waals surface area (Å²) in [5.41, 5.74) is 1.13. The maximum atomic E-state index is 11.7. The molecule has 3 nitrogen and oxygen atoms in total. The van der Waals surface area contributed by atoms with Gasteiger partial charge in [0.1, 0.15) is 0 Å². The van der Waals surface area contributed by atoms with Crippen LogP contribution in [0, 0.1) is 5.92 Å². The molecule has 1 aromatic rings. The Morgan fingerprint density at radius 3 is 2.90 bits per heavy atom. The largest absolute Gasteiger partial charge is 0.356 e. The molecule has 1 saturated carbocycles. The van der Waals surface area contributed by atoms with Crippen LogP contribution >= 0.6 is 0 Å². The Morgan fingerprint density at radius 2 is 2.15 bits per heavy atom. The van der Waals surface area contributed by atoms with Crippen molar-refractivity contribution in [2.24, 2.45) is 5.92 Å². The minimum absolute atomic E-state index is 0.164. The van der Waals surface area contributed by atoms with Crippen molar-refractivity contribution in [3.63, 3.8) is 0 Å². The zero-order valence-electron chi connectivity index (χ0n) is 12.3. The van der Waals surface area contributed by atoms with Crippen molar-refractivity contribution in [3.8, 4) is 0 Å². The average Bonchev–Trinajstić information content (AvgIpc) is 2.52. The lowest BCUT2D eigenvalue weighted by Crippen LogP contribution is -2.25. The smallest absolute Gasteiger partial charge is 0.220 e. The van der Waals surface area contributed by atoms with Crippen LogP contribution in [0.3, 0.4) is 0 Å². The van der Waals surface area contributed by atoms with E-state index in [0.29, 0.717) is 6.42 Å². The minimum atomic E-state index is 0.164. The number of rotatable bonds is 7. The van der Waals surface area contributed by atoms with Gasteiger partial charge in [0.05, 0.1) is 0 Å². The molecule has 2 rings (SSSR count). The maximum absolute atomic E-state index is 11.7. The first-order valence-electron chi connectivity index (χ1n) is 8.00. The van der Waals surface area contributed by atoms with Crippen LogP contribution in [0.5, 0.6) is 0 Å².